The number of halogens is 2. The third-order valence-corrected chi connectivity index (χ3v) is 4.59. The van der Waals surface area contributed by atoms with Crippen LogP contribution in [0.5, 0.6) is 5.75 Å². The average molecular weight is 395 g/mol. The van der Waals surface area contributed by atoms with Crippen LogP contribution in [-0.4, -0.2) is 27.3 Å². The van der Waals surface area contributed by atoms with E-state index in [4.69, 9.17) is 4.74 Å². The normalized spacial score (nSPS) is 10.7. The van der Waals surface area contributed by atoms with Crippen LogP contribution in [0.15, 0.2) is 52.1 Å². The standard InChI is InChI=1S/C15H12BrFN4OS/c1-22-13-6-4-12(5-7-13)21-15(18-19-20-21)23-9-10-2-3-11(16)8-14(10)17/h2-8H,9H2,1H3. The first-order valence-electron chi connectivity index (χ1n) is 6.67. The van der Waals surface area contributed by atoms with Gasteiger partial charge in [-0.2, -0.15) is 4.68 Å². The second-order valence-electron chi connectivity index (χ2n) is 4.60. The molecule has 0 radical (unpaired) electrons. The van der Waals surface area contributed by atoms with Gasteiger partial charge in [-0.15, -0.1) is 5.10 Å². The van der Waals surface area contributed by atoms with Crippen LogP contribution >= 0.6 is 27.7 Å². The van der Waals surface area contributed by atoms with E-state index in [9.17, 15) is 4.39 Å². The van der Waals surface area contributed by atoms with Gasteiger partial charge in [-0.05, 0) is 52.4 Å². The zero-order chi connectivity index (χ0) is 16.2. The minimum atomic E-state index is -0.254. The molecule has 3 aromatic rings. The second kappa shape index (κ2) is 7.10. The van der Waals surface area contributed by atoms with Gasteiger partial charge in [0.05, 0.1) is 12.8 Å². The summed E-state index contributed by atoms with van der Waals surface area (Å²) >= 11 is 4.62. The fourth-order valence-electron chi connectivity index (χ4n) is 1.94. The Hall–Kier alpha value is -1.93. The molecule has 0 bridgehead atoms. The molecule has 0 fully saturated rings. The van der Waals surface area contributed by atoms with E-state index in [1.165, 1.54) is 17.8 Å². The fourth-order valence-corrected chi connectivity index (χ4v) is 3.15. The maximum atomic E-state index is 13.9. The molecule has 0 N–H and O–H groups in total. The Balaban J connectivity index is 1.78. The minimum Gasteiger partial charge on any atom is -0.497 e. The monoisotopic (exact) mass is 394 g/mol. The lowest BCUT2D eigenvalue weighted by atomic mass is 10.2. The van der Waals surface area contributed by atoms with E-state index >= 15 is 0 Å². The topological polar surface area (TPSA) is 52.8 Å². The molecule has 2 aromatic carbocycles. The lowest BCUT2D eigenvalue weighted by Gasteiger charge is -2.06. The minimum absolute atomic E-state index is 0.254. The Morgan fingerprint density at radius 2 is 2.00 bits per heavy atom. The summed E-state index contributed by atoms with van der Waals surface area (Å²) in [6, 6.07) is 12.4. The zero-order valence-electron chi connectivity index (χ0n) is 12.1. The van der Waals surface area contributed by atoms with Gasteiger partial charge in [0.25, 0.3) is 0 Å². The van der Waals surface area contributed by atoms with Crippen LogP contribution in [0, 0.1) is 5.82 Å². The number of rotatable bonds is 5. The summed E-state index contributed by atoms with van der Waals surface area (Å²) < 4.78 is 21.3. The highest BCUT2D eigenvalue weighted by Gasteiger charge is 2.11. The van der Waals surface area contributed by atoms with Crippen LogP contribution in [0.4, 0.5) is 4.39 Å². The summed E-state index contributed by atoms with van der Waals surface area (Å²) in [5, 5.41) is 12.3. The van der Waals surface area contributed by atoms with Gasteiger partial charge >= 0.3 is 0 Å². The van der Waals surface area contributed by atoms with Gasteiger partial charge in [-0.3, -0.25) is 0 Å². The highest BCUT2D eigenvalue weighted by atomic mass is 79.9. The third-order valence-electron chi connectivity index (χ3n) is 3.13. The zero-order valence-corrected chi connectivity index (χ0v) is 14.5. The van der Waals surface area contributed by atoms with E-state index in [0.717, 1.165) is 11.4 Å². The number of tetrazole rings is 1. The van der Waals surface area contributed by atoms with E-state index in [0.29, 0.717) is 20.9 Å². The van der Waals surface area contributed by atoms with Gasteiger partial charge in [-0.1, -0.05) is 33.8 Å². The molecule has 1 aromatic heterocycles. The number of aromatic nitrogens is 4. The van der Waals surface area contributed by atoms with E-state index in [1.54, 1.807) is 17.9 Å². The molecule has 118 valence electrons. The molecule has 23 heavy (non-hydrogen) atoms. The van der Waals surface area contributed by atoms with E-state index < -0.39 is 0 Å². The maximum Gasteiger partial charge on any atom is 0.214 e. The molecule has 0 unspecified atom stereocenters. The molecule has 0 aliphatic carbocycles. The number of methoxy groups -OCH3 is 1. The summed E-state index contributed by atoms with van der Waals surface area (Å²) in [6.07, 6.45) is 0. The van der Waals surface area contributed by atoms with E-state index in [2.05, 4.69) is 31.5 Å². The van der Waals surface area contributed by atoms with Gasteiger partial charge in [-0.25, -0.2) is 4.39 Å². The van der Waals surface area contributed by atoms with Crippen molar-refractivity contribution in [2.45, 2.75) is 10.9 Å². The van der Waals surface area contributed by atoms with Crippen molar-refractivity contribution in [2.75, 3.05) is 7.11 Å². The molecule has 0 aliphatic rings. The highest BCUT2D eigenvalue weighted by Crippen LogP contribution is 2.25. The second-order valence-corrected chi connectivity index (χ2v) is 6.45. The van der Waals surface area contributed by atoms with Crippen LogP contribution < -0.4 is 4.74 Å². The van der Waals surface area contributed by atoms with Crippen molar-refractivity contribution in [1.29, 1.82) is 0 Å². The van der Waals surface area contributed by atoms with Gasteiger partial charge in [0.1, 0.15) is 11.6 Å². The molecule has 1 heterocycles. The van der Waals surface area contributed by atoms with Crippen LogP contribution in [0.3, 0.4) is 0 Å². The number of benzene rings is 2. The predicted octanol–water partition coefficient (Wildman–Crippen LogP) is 3.86. The summed E-state index contributed by atoms with van der Waals surface area (Å²) in [6.45, 7) is 0. The van der Waals surface area contributed by atoms with Crippen molar-refractivity contribution in [3.63, 3.8) is 0 Å². The van der Waals surface area contributed by atoms with Crippen LogP contribution in [-0.2, 0) is 5.75 Å². The number of nitrogens with zero attached hydrogens (tertiary/aromatic N) is 4. The molecule has 5 nitrogen and oxygen atoms in total. The number of hydrogen-bond donors (Lipinski definition) is 0. The molecule has 3 rings (SSSR count). The smallest absolute Gasteiger partial charge is 0.214 e. The van der Waals surface area contributed by atoms with Crippen molar-refractivity contribution in [3.05, 3.63) is 58.3 Å². The SMILES string of the molecule is COc1ccc(-n2nnnc2SCc2ccc(Br)cc2F)cc1. The molecular weight excluding hydrogens is 383 g/mol. The number of hydrogen-bond acceptors (Lipinski definition) is 5. The molecule has 0 saturated carbocycles. The van der Waals surface area contributed by atoms with Gasteiger partial charge in [0.15, 0.2) is 0 Å². The van der Waals surface area contributed by atoms with Gasteiger partial charge in [0, 0.05) is 10.2 Å². The summed E-state index contributed by atoms with van der Waals surface area (Å²) in [4.78, 5) is 0. The molecule has 0 atom stereocenters. The fraction of sp³-hybridized carbons (Fsp3) is 0.133. The Labute approximate surface area is 145 Å². The molecule has 0 spiro atoms. The lowest BCUT2D eigenvalue weighted by Crippen LogP contribution is -1.99. The largest absolute Gasteiger partial charge is 0.497 e. The average Bonchev–Trinajstić information content (AvgIpc) is 3.02. The first-order valence-corrected chi connectivity index (χ1v) is 8.45. The van der Waals surface area contributed by atoms with Crippen molar-refractivity contribution in [3.8, 4) is 11.4 Å². The van der Waals surface area contributed by atoms with Gasteiger partial charge < -0.3 is 4.74 Å². The molecule has 8 heteroatoms. The quantitative estimate of drug-likeness (QED) is 0.614. The predicted molar refractivity (Wildman–Crippen MR) is 89.4 cm³/mol. The summed E-state index contributed by atoms with van der Waals surface area (Å²) in [5.41, 5.74) is 1.41. The molecular formula is C15H12BrFN4OS. The third kappa shape index (κ3) is 3.70. The van der Waals surface area contributed by atoms with Crippen LogP contribution in [0.25, 0.3) is 5.69 Å². The number of ether oxygens (including phenoxy) is 1. The Morgan fingerprint density at radius 1 is 1.22 bits per heavy atom. The van der Waals surface area contributed by atoms with Crippen molar-refractivity contribution in [2.24, 2.45) is 0 Å². The summed E-state index contributed by atoms with van der Waals surface area (Å²) in [5.74, 6) is 0.943. The van der Waals surface area contributed by atoms with E-state index in [1.807, 2.05) is 30.3 Å². The maximum absolute atomic E-state index is 13.9. The molecule has 0 saturated heterocycles. The van der Waals surface area contributed by atoms with Crippen molar-refractivity contribution < 1.29 is 9.13 Å². The van der Waals surface area contributed by atoms with Crippen molar-refractivity contribution >= 4 is 27.7 Å². The Kier molecular flexibility index (Phi) is 4.92. The first-order chi connectivity index (χ1) is 11.2. The first kappa shape index (κ1) is 15.9. The highest BCUT2D eigenvalue weighted by molar-refractivity contribution is 9.10. The number of thioether (sulfide) groups is 1. The molecule has 0 amide bonds. The Bertz CT molecular complexity index is 809. The summed E-state index contributed by atoms with van der Waals surface area (Å²) in [7, 11) is 1.61. The van der Waals surface area contributed by atoms with Crippen LogP contribution in [0.1, 0.15) is 5.56 Å². The van der Waals surface area contributed by atoms with Crippen LogP contribution in [0.2, 0.25) is 0 Å². The van der Waals surface area contributed by atoms with Gasteiger partial charge in [0.2, 0.25) is 5.16 Å². The van der Waals surface area contributed by atoms with Crippen molar-refractivity contribution in [1.82, 2.24) is 20.2 Å². The Morgan fingerprint density at radius 3 is 2.70 bits per heavy atom. The molecule has 0 aliphatic heterocycles. The van der Waals surface area contributed by atoms with E-state index in [-0.39, 0.29) is 5.82 Å². The lowest BCUT2D eigenvalue weighted by molar-refractivity contribution is 0.414.